The zero-order chi connectivity index (χ0) is 9.26. The van der Waals surface area contributed by atoms with Crippen molar-refractivity contribution >= 4 is 0 Å². The molecule has 2 rings (SSSR count). The van der Waals surface area contributed by atoms with Crippen molar-refractivity contribution in [3.05, 3.63) is 40.6 Å². The number of nitrogens with zero attached hydrogens (tertiary/aromatic N) is 3. The summed E-state index contributed by atoms with van der Waals surface area (Å²) < 4.78 is 5.23. The van der Waals surface area contributed by atoms with Crippen LogP contribution in [-0.4, -0.2) is 14.1 Å². The first-order valence-corrected chi connectivity index (χ1v) is 5.03. The predicted molar refractivity (Wildman–Crippen MR) is 45.8 cm³/mol. The number of pyridine rings is 1. The van der Waals surface area contributed by atoms with Gasteiger partial charge in [0.15, 0.2) is 0 Å². The van der Waals surface area contributed by atoms with Crippen molar-refractivity contribution in [1.82, 2.24) is 14.1 Å². The number of aryl methyl sites for hydroxylation is 1. The molecule has 0 spiro atoms. The van der Waals surface area contributed by atoms with E-state index >= 15 is 0 Å². The van der Waals surface area contributed by atoms with Crippen LogP contribution in [0.5, 0.6) is 0 Å². The fourth-order valence-corrected chi connectivity index (χ4v) is 1.71. The van der Waals surface area contributed by atoms with E-state index in [1.54, 1.807) is 6.20 Å². The standard InChI is InChI=1S/C9H9N3.Pt/c1-11-6-7-12(8-11)9-4-2-3-5-10-9;/h2-7H,1H3;. The van der Waals surface area contributed by atoms with Crippen molar-refractivity contribution in [3.8, 4) is 5.82 Å². The molecular weight excluding hydrogens is 345 g/mol. The summed E-state index contributed by atoms with van der Waals surface area (Å²) in [6.45, 7) is 0. The Balaban J connectivity index is 2.60. The zero-order valence-corrected chi connectivity index (χ0v) is 9.39. The predicted octanol–water partition coefficient (Wildman–Crippen LogP) is 1.29. The van der Waals surface area contributed by atoms with Gasteiger partial charge in [-0.2, -0.15) is 0 Å². The maximum atomic E-state index is 4.27. The van der Waals surface area contributed by atoms with E-state index < -0.39 is 0 Å². The second-order valence-electron chi connectivity index (χ2n) is 2.71. The topological polar surface area (TPSA) is 22.8 Å². The van der Waals surface area contributed by atoms with Crippen LogP contribution in [-0.2, 0) is 26.4 Å². The molecule has 0 saturated heterocycles. The van der Waals surface area contributed by atoms with E-state index in [4.69, 9.17) is 0 Å². The Morgan fingerprint density at radius 2 is 2.15 bits per heavy atom. The molecule has 13 heavy (non-hydrogen) atoms. The maximum absolute atomic E-state index is 4.27. The molecule has 0 saturated carbocycles. The summed E-state index contributed by atoms with van der Waals surface area (Å²) in [4.78, 5) is 4.27. The number of imidazole rings is 1. The van der Waals surface area contributed by atoms with Crippen molar-refractivity contribution in [3.63, 3.8) is 0 Å². The second-order valence-corrected chi connectivity index (χ2v) is 3.72. The summed E-state index contributed by atoms with van der Waals surface area (Å²) in [5.41, 5.74) is 0. The van der Waals surface area contributed by atoms with E-state index in [0.29, 0.717) is 0 Å². The molecule has 4 heteroatoms. The molecule has 2 aromatic rings. The molecule has 2 heterocycles. The summed E-state index contributed by atoms with van der Waals surface area (Å²) >= 11 is 2.27. The van der Waals surface area contributed by atoms with Gasteiger partial charge >= 0.3 is 86.9 Å². The van der Waals surface area contributed by atoms with Crippen molar-refractivity contribution < 1.29 is 19.4 Å². The number of rotatable bonds is 1. The molecule has 0 N–H and O–H groups in total. The van der Waals surface area contributed by atoms with Gasteiger partial charge in [-0.3, -0.25) is 0 Å². The molecule has 0 aliphatic carbocycles. The van der Waals surface area contributed by atoms with Gasteiger partial charge in [0.05, 0.1) is 0 Å². The Kier molecular flexibility index (Phi) is 2.28. The van der Waals surface area contributed by atoms with E-state index in [0.717, 1.165) is 9.62 Å². The van der Waals surface area contributed by atoms with E-state index in [1.807, 2.05) is 42.2 Å². The van der Waals surface area contributed by atoms with Crippen LogP contribution >= 0.6 is 0 Å². The molecule has 0 radical (unpaired) electrons. The van der Waals surface area contributed by atoms with Gasteiger partial charge in [-0.05, 0) is 0 Å². The van der Waals surface area contributed by atoms with Crippen LogP contribution < -0.4 is 0 Å². The molecule has 0 unspecified atom stereocenters. The summed E-state index contributed by atoms with van der Waals surface area (Å²) in [7, 11) is 2.02. The summed E-state index contributed by atoms with van der Waals surface area (Å²) in [5, 5.41) is 0. The van der Waals surface area contributed by atoms with Crippen molar-refractivity contribution in [2.24, 2.45) is 7.05 Å². The SMILES string of the molecule is Cn1ccn(-c2ccccn2)[c]1=[Pt]. The molecule has 0 aliphatic heterocycles. The van der Waals surface area contributed by atoms with E-state index in [2.05, 4.69) is 28.9 Å². The van der Waals surface area contributed by atoms with Gasteiger partial charge in [0, 0.05) is 0 Å². The Morgan fingerprint density at radius 3 is 2.69 bits per heavy atom. The van der Waals surface area contributed by atoms with Gasteiger partial charge in [-0.15, -0.1) is 0 Å². The van der Waals surface area contributed by atoms with Gasteiger partial charge in [-0.1, -0.05) is 0 Å². The van der Waals surface area contributed by atoms with Crippen LogP contribution in [0, 0.1) is 3.80 Å². The van der Waals surface area contributed by atoms with Crippen LogP contribution in [0.2, 0.25) is 0 Å². The first kappa shape index (κ1) is 8.64. The van der Waals surface area contributed by atoms with Crippen molar-refractivity contribution in [2.45, 2.75) is 0 Å². The zero-order valence-electron chi connectivity index (χ0n) is 7.12. The summed E-state index contributed by atoms with van der Waals surface area (Å²) in [5.74, 6) is 0.952. The van der Waals surface area contributed by atoms with E-state index in [-0.39, 0.29) is 0 Å². The summed E-state index contributed by atoms with van der Waals surface area (Å²) in [6.07, 6.45) is 5.81. The molecular formula is C9H9N3Pt. The Morgan fingerprint density at radius 1 is 1.31 bits per heavy atom. The average molecular weight is 354 g/mol. The number of hydrogen-bond donors (Lipinski definition) is 0. The van der Waals surface area contributed by atoms with Crippen LogP contribution in [0.25, 0.3) is 5.82 Å². The van der Waals surface area contributed by atoms with Gasteiger partial charge in [0.1, 0.15) is 0 Å². The average Bonchev–Trinajstić information content (AvgIpc) is 2.49. The van der Waals surface area contributed by atoms with Crippen LogP contribution in [0.3, 0.4) is 0 Å². The van der Waals surface area contributed by atoms with E-state index in [9.17, 15) is 0 Å². The second kappa shape index (κ2) is 3.42. The molecule has 2 aromatic heterocycles. The molecule has 70 valence electrons. The molecule has 0 fully saturated rings. The number of aromatic nitrogens is 3. The molecule has 0 amide bonds. The monoisotopic (exact) mass is 354 g/mol. The molecule has 0 bridgehead atoms. The third-order valence-electron chi connectivity index (χ3n) is 1.79. The van der Waals surface area contributed by atoms with E-state index in [1.165, 1.54) is 0 Å². The molecule has 0 aliphatic rings. The van der Waals surface area contributed by atoms with Gasteiger partial charge in [-0.25, -0.2) is 0 Å². The quantitative estimate of drug-likeness (QED) is 0.757. The normalized spacial score (nSPS) is 10.4. The van der Waals surface area contributed by atoms with Crippen LogP contribution in [0.15, 0.2) is 36.8 Å². The fraction of sp³-hybridized carbons (Fsp3) is 0.111. The van der Waals surface area contributed by atoms with Gasteiger partial charge < -0.3 is 0 Å². The third kappa shape index (κ3) is 1.56. The fourth-order valence-electron chi connectivity index (χ4n) is 1.11. The van der Waals surface area contributed by atoms with Crippen LogP contribution in [0.4, 0.5) is 0 Å². The molecule has 0 atom stereocenters. The Labute approximate surface area is 87.1 Å². The Bertz CT molecular complexity index is 455. The van der Waals surface area contributed by atoms with Gasteiger partial charge in [0.2, 0.25) is 0 Å². The number of hydrogen-bond acceptors (Lipinski definition) is 1. The minimum atomic E-state index is 0.952. The molecule has 3 nitrogen and oxygen atoms in total. The Hall–Kier alpha value is -0.952. The summed E-state index contributed by atoms with van der Waals surface area (Å²) in [6, 6.07) is 5.89. The van der Waals surface area contributed by atoms with Crippen LogP contribution in [0.1, 0.15) is 0 Å². The first-order valence-electron chi connectivity index (χ1n) is 3.90. The van der Waals surface area contributed by atoms with Gasteiger partial charge in [0.25, 0.3) is 0 Å². The van der Waals surface area contributed by atoms with Crippen molar-refractivity contribution in [2.75, 3.05) is 0 Å². The van der Waals surface area contributed by atoms with Crippen molar-refractivity contribution in [1.29, 1.82) is 0 Å². The molecule has 0 aromatic carbocycles. The minimum absolute atomic E-state index is 0.952. The first-order chi connectivity index (χ1) is 6.29. The third-order valence-corrected chi connectivity index (χ3v) is 3.14.